The molecule has 4 nitrogen and oxygen atoms in total. The Bertz CT molecular complexity index is 1200. The van der Waals surface area contributed by atoms with Crippen molar-refractivity contribution in [3.63, 3.8) is 0 Å². The molecule has 1 heterocycles. The van der Waals surface area contributed by atoms with E-state index in [9.17, 15) is 9.90 Å². The molecule has 2 aliphatic rings. The van der Waals surface area contributed by atoms with E-state index < -0.39 is 5.97 Å². The first kappa shape index (κ1) is 22.0. The van der Waals surface area contributed by atoms with E-state index in [0.717, 1.165) is 52.2 Å². The number of rotatable bonds is 5. The van der Waals surface area contributed by atoms with Crippen molar-refractivity contribution in [3.05, 3.63) is 93.0 Å². The highest BCUT2D eigenvalue weighted by atomic mass is 35.5. The quantitative estimate of drug-likeness (QED) is 0.334. The van der Waals surface area contributed by atoms with E-state index >= 15 is 0 Å². The van der Waals surface area contributed by atoms with Crippen LogP contribution in [0.25, 0.3) is 0 Å². The molecule has 0 spiro atoms. The molecule has 3 aromatic carbocycles. The maximum atomic E-state index is 12.0. The lowest BCUT2D eigenvalue weighted by Crippen LogP contribution is -2.18. The van der Waals surface area contributed by atoms with Gasteiger partial charge in [0.25, 0.3) is 0 Å². The summed E-state index contributed by atoms with van der Waals surface area (Å²) < 4.78 is 12.6. The minimum atomic E-state index is -0.948. The Morgan fingerprint density at radius 2 is 1.73 bits per heavy atom. The largest absolute Gasteiger partial charge is 0.478 e. The summed E-state index contributed by atoms with van der Waals surface area (Å²) in [6, 6.07) is 16.9. The molecule has 0 amide bonds. The van der Waals surface area contributed by atoms with Gasteiger partial charge in [0.15, 0.2) is 0 Å². The number of benzene rings is 3. The zero-order valence-electron chi connectivity index (χ0n) is 18.6. The van der Waals surface area contributed by atoms with Crippen molar-refractivity contribution in [3.8, 4) is 11.5 Å². The van der Waals surface area contributed by atoms with Gasteiger partial charge in [0.2, 0.25) is 0 Å². The number of hydrogen-bond acceptors (Lipinski definition) is 3. The fraction of sp³-hybridized carbons (Fsp3) is 0.321. The van der Waals surface area contributed by atoms with E-state index in [4.69, 9.17) is 21.1 Å². The average molecular weight is 463 g/mol. The lowest BCUT2D eigenvalue weighted by Gasteiger charge is -2.32. The molecule has 1 unspecified atom stereocenters. The minimum absolute atomic E-state index is 0.280. The zero-order chi connectivity index (χ0) is 22.9. The fourth-order valence-corrected chi connectivity index (χ4v) is 5.46. The molecule has 1 aliphatic carbocycles. The maximum absolute atomic E-state index is 12.0. The first-order chi connectivity index (χ1) is 16.0. The summed E-state index contributed by atoms with van der Waals surface area (Å²) in [6.07, 6.45) is 6.18. The molecule has 1 N–H and O–H groups in total. The number of halogens is 1. The fourth-order valence-electron chi connectivity index (χ4n) is 5.15. The van der Waals surface area contributed by atoms with Gasteiger partial charge in [-0.1, -0.05) is 67.3 Å². The molecule has 3 aromatic rings. The molecular weight excluding hydrogens is 436 g/mol. The number of carboxylic acid groups (broad SMARTS) is 1. The van der Waals surface area contributed by atoms with Gasteiger partial charge in [0.05, 0.1) is 18.3 Å². The van der Waals surface area contributed by atoms with Crippen LogP contribution in [0.2, 0.25) is 5.02 Å². The predicted molar refractivity (Wildman–Crippen MR) is 129 cm³/mol. The number of aromatic carboxylic acids is 1. The molecule has 0 saturated heterocycles. The number of hydrogen-bond donors (Lipinski definition) is 1. The van der Waals surface area contributed by atoms with Gasteiger partial charge in [-0.05, 0) is 49.1 Å². The Morgan fingerprint density at radius 3 is 2.48 bits per heavy atom. The maximum Gasteiger partial charge on any atom is 0.335 e. The summed E-state index contributed by atoms with van der Waals surface area (Å²) in [4.78, 5) is 12.0. The van der Waals surface area contributed by atoms with E-state index in [0.29, 0.717) is 11.6 Å². The molecule has 1 aliphatic heterocycles. The van der Waals surface area contributed by atoms with Crippen LogP contribution in [0, 0.1) is 6.92 Å². The highest BCUT2D eigenvalue weighted by Crippen LogP contribution is 2.51. The third-order valence-corrected chi connectivity index (χ3v) is 7.23. The van der Waals surface area contributed by atoms with Crippen LogP contribution in [-0.2, 0) is 11.3 Å². The molecule has 0 aromatic heterocycles. The van der Waals surface area contributed by atoms with Gasteiger partial charge in [-0.15, -0.1) is 0 Å². The summed E-state index contributed by atoms with van der Waals surface area (Å²) in [5.74, 6) is 0.239. The Hall–Kier alpha value is -2.82. The molecule has 1 saturated carbocycles. The van der Waals surface area contributed by atoms with Gasteiger partial charge in [-0.3, -0.25) is 0 Å². The average Bonchev–Trinajstić information content (AvgIpc) is 2.83. The number of fused-ring (bicyclic) bond motifs is 2. The summed E-state index contributed by atoms with van der Waals surface area (Å²) >= 11 is 6.81. The van der Waals surface area contributed by atoms with E-state index in [-0.39, 0.29) is 17.6 Å². The smallest absolute Gasteiger partial charge is 0.335 e. The van der Waals surface area contributed by atoms with E-state index in [1.165, 1.54) is 19.3 Å². The summed E-state index contributed by atoms with van der Waals surface area (Å²) in [6.45, 7) is 2.46. The van der Waals surface area contributed by atoms with Gasteiger partial charge in [0, 0.05) is 27.6 Å². The zero-order valence-corrected chi connectivity index (χ0v) is 19.4. The van der Waals surface area contributed by atoms with Gasteiger partial charge < -0.3 is 14.6 Å². The second kappa shape index (κ2) is 9.20. The van der Waals surface area contributed by atoms with Crippen molar-refractivity contribution < 1.29 is 19.4 Å². The van der Waals surface area contributed by atoms with Crippen molar-refractivity contribution in [2.24, 2.45) is 0 Å². The van der Waals surface area contributed by atoms with Gasteiger partial charge >= 0.3 is 5.97 Å². The molecule has 1 fully saturated rings. The third-order valence-electron chi connectivity index (χ3n) is 6.90. The normalized spacial score (nSPS) is 17.7. The van der Waals surface area contributed by atoms with Gasteiger partial charge in [-0.25, -0.2) is 4.79 Å². The van der Waals surface area contributed by atoms with Crippen molar-refractivity contribution in [1.82, 2.24) is 0 Å². The number of para-hydroxylation sites is 1. The van der Waals surface area contributed by atoms with Crippen LogP contribution in [0.1, 0.15) is 76.2 Å². The molecular formula is C28H27ClO4. The summed E-state index contributed by atoms with van der Waals surface area (Å²) in [5.41, 5.74) is 4.70. The molecule has 0 bridgehead atoms. The van der Waals surface area contributed by atoms with Crippen LogP contribution in [0.5, 0.6) is 11.5 Å². The predicted octanol–water partition coefficient (Wildman–Crippen LogP) is 7.48. The molecule has 5 rings (SSSR count). The van der Waals surface area contributed by atoms with E-state index in [1.807, 2.05) is 49.4 Å². The molecule has 5 heteroatoms. The third kappa shape index (κ3) is 4.14. The highest BCUT2D eigenvalue weighted by Gasteiger charge is 2.33. The minimum Gasteiger partial charge on any atom is -0.478 e. The Morgan fingerprint density at radius 1 is 1.03 bits per heavy atom. The van der Waals surface area contributed by atoms with Crippen LogP contribution >= 0.6 is 11.6 Å². The Labute approximate surface area is 199 Å². The van der Waals surface area contributed by atoms with Crippen LogP contribution in [-0.4, -0.2) is 17.2 Å². The van der Waals surface area contributed by atoms with E-state index in [2.05, 4.69) is 0 Å². The topological polar surface area (TPSA) is 55.8 Å². The Balaban J connectivity index is 1.60. The highest BCUT2D eigenvalue weighted by molar-refractivity contribution is 6.31. The Kier molecular flexibility index (Phi) is 6.13. The second-order valence-electron chi connectivity index (χ2n) is 8.92. The van der Waals surface area contributed by atoms with Gasteiger partial charge in [-0.2, -0.15) is 0 Å². The van der Waals surface area contributed by atoms with Crippen molar-refractivity contribution in [2.75, 3.05) is 0 Å². The number of ether oxygens (including phenoxy) is 2. The molecule has 170 valence electrons. The monoisotopic (exact) mass is 462 g/mol. The van der Waals surface area contributed by atoms with E-state index in [1.54, 1.807) is 12.1 Å². The van der Waals surface area contributed by atoms with Crippen molar-refractivity contribution in [2.45, 2.75) is 57.7 Å². The van der Waals surface area contributed by atoms with Crippen LogP contribution < -0.4 is 4.74 Å². The molecule has 33 heavy (non-hydrogen) atoms. The van der Waals surface area contributed by atoms with Gasteiger partial charge in [0.1, 0.15) is 11.5 Å². The SMILES string of the molecule is Cc1c(COC2CCCCC2)c(Cl)cc2c1Oc1ccccc1C2c1ccccc1C(=O)O. The van der Waals surface area contributed by atoms with Crippen molar-refractivity contribution >= 4 is 17.6 Å². The number of carboxylic acids is 1. The number of carbonyl (C=O) groups is 1. The lowest BCUT2D eigenvalue weighted by atomic mass is 9.79. The molecule has 0 radical (unpaired) electrons. The van der Waals surface area contributed by atoms with Crippen molar-refractivity contribution in [1.29, 1.82) is 0 Å². The summed E-state index contributed by atoms with van der Waals surface area (Å²) in [5, 5.41) is 10.5. The first-order valence-electron chi connectivity index (χ1n) is 11.6. The summed E-state index contributed by atoms with van der Waals surface area (Å²) in [7, 11) is 0. The lowest BCUT2D eigenvalue weighted by molar-refractivity contribution is 0.0166. The van der Waals surface area contributed by atoms with Crippen LogP contribution in [0.3, 0.4) is 0 Å². The molecule has 1 atom stereocenters. The van der Waals surface area contributed by atoms with Crippen LogP contribution in [0.15, 0.2) is 54.6 Å². The first-order valence-corrected chi connectivity index (χ1v) is 11.9. The second-order valence-corrected chi connectivity index (χ2v) is 9.32. The van der Waals surface area contributed by atoms with Crippen LogP contribution in [0.4, 0.5) is 0 Å². The standard InChI is InChI=1S/C28H27ClO4/c1-17-23(16-32-18-9-3-2-4-10-18)24(29)15-22-26(19-11-5-6-12-20(19)28(30)31)21-13-7-8-14-25(21)33-27(17)22/h5-8,11-15,18,26H,2-4,9-10,16H2,1H3,(H,30,31).